The van der Waals surface area contributed by atoms with Crippen molar-refractivity contribution < 1.29 is 17.9 Å². The highest BCUT2D eigenvalue weighted by Gasteiger charge is 2.27. The van der Waals surface area contributed by atoms with Gasteiger partial charge in [0.05, 0.1) is 13.2 Å². The molecule has 0 bridgehead atoms. The quantitative estimate of drug-likeness (QED) is 0.691. The molecule has 0 spiro atoms. The first kappa shape index (κ1) is 18.8. The molecule has 132 valence electrons. The van der Waals surface area contributed by atoms with Crippen LogP contribution in [-0.4, -0.2) is 28.9 Å². The Hall–Kier alpha value is -1.54. The molecule has 2 aromatic rings. The Labute approximate surface area is 147 Å². The monoisotopic (exact) mass is 405 g/mol. The van der Waals surface area contributed by atoms with Gasteiger partial charge in [-0.05, 0) is 37.1 Å². The van der Waals surface area contributed by atoms with E-state index in [1.165, 1.54) is 0 Å². The van der Waals surface area contributed by atoms with Crippen LogP contribution in [0, 0.1) is 13.8 Å². The third-order valence-corrected chi connectivity index (χ3v) is 3.92. The molecule has 0 aliphatic rings. The molecule has 0 aliphatic heterocycles. The van der Waals surface area contributed by atoms with Gasteiger partial charge in [0.1, 0.15) is 12.4 Å². The molecule has 0 unspecified atom stereocenters. The molecule has 0 amide bonds. The molecule has 1 aromatic heterocycles. The minimum atomic E-state index is -4.30. The van der Waals surface area contributed by atoms with Gasteiger partial charge in [-0.2, -0.15) is 13.2 Å². The number of ether oxygens (including phenoxy) is 1. The summed E-state index contributed by atoms with van der Waals surface area (Å²) in [7, 11) is 0. The maximum absolute atomic E-state index is 12.1. The molecule has 2 rings (SSSR count). The van der Waals surface area contributed by atoms with Crippen LogP contribution < -0.4 is 5.32 Å². The second-order valence-electron chi connectivity index (χ2n) is 5.47. The molecule has 0 saturated heterocycles. The highest BCUT2D eigenvalue weighted by atomic mass is 79.9. The summed E-state index contributed by atoms with van der Waals surface area (Å²) in [6.45, 7) is 3.59. The maximum Gasteiger partial charge on any atom is 0.411 e. The van der Waals surface area contributed by atoms with Crippen LogP contribution >= 0.6 is 15.9 Å². The van der Waals surface area contributed by atoms with Crippen molar-refractivity contribution in [3.05, 3.63) is 46.0 Å². The number of imidazole rings is 1. The standard InChI is InChI=1S/C16H19BrF3N3O/c1-11-7-13(17)8-12(2)15(11)22-9-14-21-3-4-23(14)5-6-24-10-16(18,19)20/h3-4,7-8,22H,5-6,9-10H2,1-2H3. The first-order valence-corrected chi connectivity index (χ1v) is 8.20. The van der Waals surface area contributed by atoms with E-state index in [0.717, 1.165) is 27.1 Å². The number of hydrogen-bond acceptors (Lipinski definition) is 3. The van der Waals surface area contributed by atoms with Gasteiger partial charge in [0, 0.05) is 29.1 Å². The second-order valence-corrected chi connectivity index (χ2v) is 6.39. The van der Waals surface area contributed by atoms with Gasteiger partial charge in [-0.1, -0.05) is 15.9 Å². The van der Waals surface area contributed by atoms with Gasteiger partial charge in [0.15, 0.2) is 0 Å². The van der Waals surface area contributed by atoms with Crippen LogP contribution in [0.25, 0.3) is 0 Å². The van der Waals surface area contributed by atoms with Crippen molar-refractivity contribution in [1.82, 2.24) is 9.55 Å². The van der Waals surface area contributed by atoms with Crippen molar-refractivity contribution in [3.63, 3.8) is 0 Å². The lowest BCUT2D eigenvalue weighted by Gasteiger charge is -2.14. The van der Waals surface area contributed by atoms with Crippen LogP contribution in [0.3, 0.4) is 0 Å². The molecule has 0 atom stereocenters. The number of aryl methyl sites for hydroxylation is 2. The molecule has 0 fully saturated rings. The number of anilines is 1. The zero-order valence-electron chi connectivity index (χ0n) is 13.5. The van der Waals surface area contributed by atoms with E-state index in [0.29, 0.717) is 13.1 Å². The van der Waals surface area contributed by atoms with E-state index >= 15 is 0 Å². The fourth-order valence-electron chi connectivity index (χ4n) is 2.42. The van der Waals surface area contributed by atoms with E-state index < -0.39 is 12.8 Å². The lowest BCUT2D eigenvalue weighted by Crippen LogP contribution is -2.19. The zero-order chi connectivity index (χ0) is 17.7. The number of nitrogens with zero attached hydrogens (tertiary/aromatic N) is 2. The van der Waals surface area contributed by atoms with Gasteiger partial charge >= 0.3 is 6.18 Å². The topological polar surface area (TPSA) is 39.1 Å². The highest BCUT2D eigenvalue weighted by Crippen LogP contribution is 2.25. The van der Waals surface area contributed by atoms with Crippen LogP contribution in [0.5, 0.6) is 0 Å². The Bertz CT molecular complexity index is 662. The Morgan fingerprint density at radius 2 is 1.92 bits per heavy atom. The summed E-state index contributed by atoms with van der Waals surface area (Å²) in [4.78, 5) is 4.25. The van der Waals surface area contributed by atoms with Crippen LogP contribution in [0.1, 0.15) is 17.0 Å². The average Bonchev–Trinajstić information content (AvgIpc) is 2.89. The summed E-state index contributed by atoms with van der Waals surface area (Å²) in [5.74, 6) is 0.743. The zero-order valence-corrected chi connectivity index (χ0v) is 15.0. The molecule has 1 aromatic carbocycles. The number of alkyl halides is 3. The normalized spacial score (nSPS) is 11.8. The van der Waals surface area contributed by atoms with Crippen LogP contribution in [0.4, 0.5) is 18.9 Å². The SMILES string of the molecule is Cc1cc(Br)cc(C)c1NCc1nccn1CCOCC(F)(F)F. The van der Waals surface area contributed by atoms with Crippen molar-refractivity contribution in [2.24, 2.45) is 0 Å². The highest BCUT2D eigenvalue weighted by molar-refractivity contribution is 9.10. The van der Waals surface area contributed by atoms with E-state index in [1.54, 1.807) is 17.0 Å². The number of hydrogen-bond donors (Lipinski definition) is 1. The van der Waals surface area contributed by atoms with Crippen LogP contribution in [0.2, 0.25) is 0 Å². The third kappa shape index (κ3) is 5.52. The fraction of sp³-hybridized carbons (Fsp3) is 0.438. The first-order valence-electron chi connectivity index (χ1n) is 7.41. The minimum absolute atomic E-state index is 0.0147. The summed E-state index contributed by atoms with van der Waals surface area (Å²) in [5, 5.41) is 3.34. The second kappa shape index (κ2) is 8.02. The Balaban J connectivity index is 1.92. The number of rotatable bonds is 7. The number of nitrogens with one attached hydrogen (secondary N) is 1. The molecule has 0 aliphatic carbocycles. The maximum atomic E-state index is 12.1. The Morgan fingerprint density at radius 3 is 2.54 bits per heavy atom. The van der Waals surface area contributed by atoms with E-state index in [4.69, 9.17) is 0 Å². The van der Waals surface area contributed by atoms with Gasteiger partial charge in [0.2, 0.25) is 0 Å². The number of benzene rings is 1. The molecule has 0 radical (unpaired) electrons. The Morgan fingerprint density at radius 1 is 1.25 bits per heavy atom. The summed E-state index contributed by atoms with van der Waals surface area (Å²) < 4.78 is 43.6. The van der Waals surface area contributed by atoms with Gasteiger partial charge in [-0.3, -0.25) is 0 Å². The van der Waals surface area contributed by atoms with Gasteiger partial charge in [-0.15, -0.1) is 0 Å². The van der Waals surface area contributed by atoms with Crippen molar-refractivity contribution in [3.8, 4) is 0 Å². The van der Waals surface area contributed by atoms with Gasteiger partial charge in [0.25, 0.3) is 0 Å². The summed E-state index contributed by atoms with van der Waals surface area (Å²) in [6, 6.07) is 4.04. The first-order chi connectivity index (χ1) is 11.3. The lowest BCUT2D eigenvalue weighted by molar-refractivity contribution is -0.174. The van der Waals surface area contributed by atoms with E-state index in [9.17, 15) is 13.2 Å². The van der Waals surface area contributed by atoms with Crippen molar-refractivity contribution in [1.29, 1.82) is 0 Å². The number of aromatic nitrogens is 2. The van der Waals surface area contributed by atoms with Gasteiger partial charge < -0.3 is 14.6 Å². The molecular formula is C16H19BrF3N3O. The van der Waals surface area contributed by atoms with E-state index in [2.05, 4.69) is 31.0 Å². The smallest absolute Gasteiger partial charge is 0.377 e. The molecule has 1 N–H and O–H groups in total. The fourth-order valence-corrected chi connectivity index (χ4v) is 3.11. The molecule has 8 heteroatoms. The molecule has 1 heterocycles. The van der Waals surface area contributed by atoms with Gasteiger partial charge in [-0.25, -0.2) is 4.98 Å². The van der Waals surface area contributed by atoms with Crippen molar-refractivity contribution in [2.45, 2.75) is 33.1 Å². The van der Waals surface area contributed by atoms with Crippen molar-refractivity contribution >= 4 is 21.6 Å². The van der Waals surface area contributed by atoms with Crippen LogP contribution in [0.15, 0.2) is 29.0 Å². The predicted octanol–water partition coefficient (Wildman–Crippen LogP) is 4.45. The lowest BCUT2D eigenvalue weighted by atomic mass is 10.1. The van der Waals surface area contributed by atoms with E-state index in [1.807, 2.05) is 26.0 Å². The number of halogens is 4. The van der Waals surface area contributed by atoms with E-state index in [-0.39, 0.29) is 6.61 Å². The van der Waals surface area contributed by atoms with Crippen molar-refractivity contribution in [2.75, 3.05) is 18.5 Å². The largest absolute Gasteiger partial charge is 0.411 e. The minimum Gasteiger partial charge on any atom is -0.377 e. The molecule has 24 heavy (non-hydrogen) atoms. The molecule has 4 nitrogen and oxygen atoms in total. The average molecular weight is 406 g/mol. The van der Waals surface area contributed by atoms with Crippen LogP contribution in [-0.2, 0) is 17.8 Å². The molecular weight excluding hydrogens is 387 g/mol. The summed E-state index contributed by atoms with van der Waals surface area (Å²) in [5.41, 5.74) is 3.24. The molecule has 0 saturated carbocycles. The summed E-state index contributed by atoms with van der Waals surface area (Å²) >= 11 is 3.46. The summed E-state index contributed by atoms with van der Waals surface area (Å²) in [6.07, 6.45) is -0.937. The Kier molecular flexibility index (Phi) is 6.28. The third-order valence-electron chi connectivity index (χ3n) is 3.46. The predicted molar refractivity (Wildman–Crippen MR) is 90.0 cm³/mol.